The summed E-state index contributed by atoms with van der Waals surface area (Å²) in [4.78, 5) is 50.5. The summed E-state index contributed by atoms with van der Waals surface area (Å²) in [5, 5.41) is 28.5. The number of aromatic amines is 1. The molecule has 2 amide bonds. The van der Waals surface area contributed by atoms with Gasteiger partial charge in [0, 0.05) is 18.7 Å². The van der Waals surface area contributed by atoms with Crippen LogP contribution in [0.2, 0.25) is 0 Å². The molecule has 10 nitrogen and oxygen atoms in total. The van der Waals surface area contributed by atoms with Crippen LogP contribution < -0.4 is 5.32 Å². The Hall–Kier alpha value is -4.47. The lowest BCUT2D eigenvalue weighted by atomic mass is 9.83. The van der Waals surface area contributed by atoms with Crippen LogP contribution in [0.1, 0.15) is 59.7 Å². The number of carbonyl (C=O) groups excluding carboxylic acids is 2. The molecule has 2 heterocycles. The number of nitrogens with one attached hydrogen (secondary N) is 2. The van der Waals surface area contributed by atoms with Crippen molar-refractivity contribution in [1.82, 2.24) is 20.4 Å². The van der Waals surface area contributed by atoms with E-state index in [1.807, 2.05) is 54.6 Å². The summed E-state index contributed by atoms with van der Waals surface area (Å²) < 4.78 is 0. The summed E-state index contributed by atoms with van der Waals surface area (Å²) in [5.41, 5.74) is 1.93. The molecular formula is C29H32N4O6. The Morgan fingerprint density at radius 2 is 1.72 bits per heavy atom. The smallest absolute Gasteiger partial charge is 0.326 e. The summed E-state index contributed by atoms with van der Waals surface area (Å²) in [7, 11) is 0. The molecule has 1 aromatic heterocycles. The van der Waals surface area contributed by atoms with Crippen LogP contribution >= 0.6 is 0 Å². The second-order valence-electron chi connectivity index (χ2n) is 10.5. The Bertz CT molecular complexity index is 1350. The molecule has 204 valence electrons. The lowest BCUT2D eigenvalue weighted by Crippen LogP contribution is -2.41. The van der Waals surface area contributed by atoms with Crippen molar-refractivity contribution in [2.45, 2.75) is 51.6 Å². The average Bonchev–Trinajstić information content (AvgIpc) is 3.60. The zero-order valence-corrected chi connectivity index (χ0v) is 21.9. The monoisotopic (exact) mass is 532 g/mol. The number of hydrogen-bond donors (Lipinski definition) is 4. The first kappa shape index (κ1) is 27.6. The topological polar surface area (TPSA) is 153 Å². The Kier molecular flexibility index (Phi) is 8.13. The molecule has 0 aliphatic carbocycles. The summed E-state index contributed by atoms with van der Waals surface area (Å²) in [6.07, 6.45) is 1.51. The molecule has 0 unspecified atom stereocenters. The summed E-state index contributed by atoms with van der Waals surface area (Å²) in [6.45, 7) is 3.52. The minimum Gasteiger partial charge on any atom is -0.481 e. The van der Waals surface area contributed by atoms with Gasteiger partial charge in [-0.1, -0.05) is 54.6 Å². The van der Waals surface area contributed by atoms with Gasteiger partial charge in [-0.3, -0.25) is 19.5 Å². The van der Waals surface area contributed by atoms with Crippen molar-refractivity contribution in [2.75, 3.05) is 6.54 Å². The fourth-order valence-electron chi connectivity index (χ4n) is 4.85. The van der Waals surface area contributed by atoms with E-state index >= 15 is 0 Å². The third-order valence-electron chi connectivity index (χ3n) is 7.05. The Morgan fingerprint density at radius 1 is 1.05 bits per heavy atom. The zero-order valence-electron chi connectivity index (χ0n) is 21.9. The Labute approximate surface area is 226 Å². The first-order valence-corrected chi connectivity index (χ1v) is 12.8. The van der Waals surface area contributed by atoms with Crippen LogP contribution in [-0.4, -0.2) is 67.7 Å². The molecule has 1 saturated heterocycles. The van der Waals surface area contributed by atoms with Gasteiger partial charge >= 0.3 is 11.9 Å². The van der Waals surface area contributed by atoms with Crippen LogP contribution in [0, 0.1) is 5.41 Å². The first-order valence-electron chi connectivity index (χ1n) is 12.8. The van der Waals surface area contributed by atoms with Crippen LogP contribution in [0.4, 0.5) is 0 Å². The van der Waals surface area contributed by atoms with Crippen molar-refractivity contribution >= 4 is 23.8 Å². The predicted octanol–water partition coefficient (Wildman–Crippen LogP) is 3.61. The van der Waals surface area contributed by atoms with Gasteiger partial charge in [-0.25, -0.2) is 4.79 Å². The molecule has 1 fully saturated rings. The highest BCUT2D eigenvalue weighted by atomic mass is 16.4. The maximum absolute atomic E-state index is 13.1. The van der Waals surface area contributed by atoms with Crippen molar-refractivity contribution in [3.05, 3.63) is 77.6 Å². The molecule has 0 radical (unpaired) electrons. The molecule has 1 aliphatic heterocycles. The van der Waals surface area contributed by atoms with E-state index in [9.17, 15) is 29.4 Å². The van der Waals surface area contributed by atoms with Crippen LogP contribution in [0.5, 0.6) is 0 Å². The van der Waals surface area contributed by atoms with Gasteiger partial charge in [0.2, 0.25) is 0 Å². The average molecular weight is 533 g/mol. The summed E-state index contributed by atoms with van der Waals surface area (Å²) in [6, 6.07) is 17.7. The molecule has 3 aromatic rings. The quantitative estimate of drug-likeness (QED) is 0.311. The maximum atomic E-state index is 13.1. The van der Waals surface area contributed by atoms with E-state index < -0.39 is 41.3 Å². The van der Waals surface area contributed by atoms with Crippen molar-refractivity contribution < 1.29 is 29.4 Å². The second-order valence-corrected chi connectivity index (χ2v) is 10.5. The van der Waals surface area contributed by atoms with Crippen LogP contribution in [0.15, 0.2) is 60.7 Å². The summed E-state index contributed by atoms with van der Waals surface area (Å²) >= 11 is 0. The molecule has 0 saturated carbocycles. The number of aliphatic carboxylic acids is 2. The number of carboxylic acids is 2. The maximum Gasteiger partial charge on any atom is 0.326 e. The molecule has 2 atom stereocenters. The van der Waals surface area contributed by atoms with E-state index in [4.69, 9.17) is 0 Å². The van der Waals surface area contributed by atoms with E-state index in [2.05, 4.69) is 15.5 Å². The number of amides is 2. The largest absolute Gasteiger partial charge is 0.481 e. The first-order chi connectivity index (χ1) is 18.5. The number of hydrogen-bond acceptors (Lipinski definition) is 5. The van der Waals surface area contributed by atoms with E-state index in [1.165, 1.54) is 11.0 Å². The molecule has 10 heteroatoms. The van der Waals surface area contributed by atoms with Gasteiger partial charge in [0.25, 0.3) is 11.8 Å². The van der Waals surface area contributed by atoms with Crippen LogP contribution in [0.25, 0.3) is 11.1 Å². The third kappa shape index (κ3) is 6.51. The number of nitrogens with zero attached hydrogens (tertiary/aromatic N) is 2. The lowest BCUT2D eigenvalue weighted by Gasteiger charge is -2.27. The highest BCUT2D eigenvalue weighted by molar-refractivity contribution is 5.99. The Balaban J connectivity index is 1.49. The number of carbonyl (C=O) groups is 4. The van der Waals surface area contributed by atoms with Gasteiger partial charge < -0.3 is 20.4 Å². The second kappa shape index (κ2) is 11.5. The van der Waals surface area contributed by atoms with Gasteiger partial charge in [-0.2, -0.15) is 5.10 Å². The summed E-state index contributed by atoms with van der Waals surface area (Å²) in [5.74, 6) is -3.15. The molecule has 4 N–H and O–H groups in total. The molecule has 1 aliphatic rings. The fourth-order valence-corrected chi connectivity index (χ4v) is 4.85. The van der Waals surface area contributed by atoms with Gasteiger partial charge in [-0.05, 0) is 56.2 Å². The Morgan fingerprint density at radius 3 is 2.36 bits per heavy atom. The van der Waals surface area contributed by atoms with Crippen LogP contribution in [0.3, 0.4) is 0 Å². The van der Waals surface area contributed by atoms with Crippen LogP contribution in [-0.2, 0) is 16.0 Å². The van der Waals surface area contributed by atoms with Crippen molar-refractivity contribution in [3.63, 3.8) is 0 Å². The van der Waals surface area contributed by atoms with Crippen molar-refractivity contribution in [2.24, 2.45) is 5.41 Å². The van der Waals surface area contributed by atoms with E-state index in [1.54, 1.807) is 13.8 Å². The fraction of sp³-hybridized carbons (Fsp3) is 0.345. The van der Waals surface area contributed by atoms with Gasteiger partial charge in [-0.15, -0.1) is 0 Å². The normalized spacial score (nSPS) is 16.1. The van der Waals surface area contributed by atoms with Gasteiger partial charge in [0.15, 0.2) is 5.69 Å². The van der Waals surface area contributed by atoms with Gasteiger partial charge in [0.05, 0.1) is 5.41 Å². The van der Waals surface area contributed by atoms with E-state index in [0.717, 1.165) is 16.7 Å². The number of H-pyrrole nitrogens is 1. The minimum atomic E-state index is -1.10. The SMILES string of the molecule is CC(C)(C[C@@H](Cc1ccc(-c2ccccc2)cc1)NC(=O)c1cc(C(=O)N2CCC[C@H]2C(=O)O)n[nH]1)C(=O)O. The minimum absolute atomic E-state index is 0.0296. The highest BCUT2D eigenvalue weighted by Gasteiger charge is 2.36. The molecule has 2 aromatic carbocycles. The molecule has 4 rings (SSSR count). The number of benzene rings is 2. The molecule has 39 heavy (non-hydrogen) atoms. The van der Waals surface area contributed by atoms with Crippen molar-refractivity contribution in [1.29, 1.82) is 0 Å². The standard InChI is InChI=1S/C29H32N4O6/c1-29(2,28(38)39)17-21(15-18-10-12-20(13-11-18)19-7-4-3-5-8-19)30-25(34)22-16-23(32-31-22)26(35)33-14-6-9-24(33)27(36)37/h3-5,7-8,10-13,16,21,24H,6,9,14-15,17H2,1-2H3,(H,30,34)(H,31,32)(H,36,37)(H,38,39)/t21-,24+/m1/s1. The molecule has 0 bridgehead atoms. The lowest BCUT2D eigenvalue weighted by molar-refractivity contribution is -0.147. The predicted molar refractivity (Wildman–Crippen MR) is 143 cm³/mol. The van der Waals surface area contributed by atoms with Crippen molar-refractivity contribution in [3.8, 4) is 11.1 Å². The zero-order chi connectivity index (χ0) is 28.2. The third-order valence-corrected chi connectivity index (χ3v) is 7.05. The number of rotatable bonds is 10. The molecular weight excluding hydrogens is 500 g/mol. The number of carboxylic acid groups (broad SMARTS) is 2. The number of aromatic nitrogens is 2. The number of likely N-dealkylation sites (tertiary alicyclic amines) is 1. The van der Waals surface area contributed by atoms with Gasteiger partial charge in [0.1, 0.15) is 11.7 Å². The molecule has 0 spiro atoms. The van der Waals surface area contributed by atoms with E-state index in [-0.39, 0.29) is 17.8 Å². The van der Waals surface area contributed by atoms with E-state index in [0.29, 0.717) is 25.8 Å². The highest BCUT2D eigenvalue weighted by Crippen LogP contribution is 2.26.